The summed E-state index contributed by atoms with van der Waals surface area (Å²) in [5, 5.41) is 7.41. The van der Waals surface area contributed by atoms with Crippen LogP contribution in [-0.4, -0.2) is 19.7 Å². The van der Waals surface area contributed by atoms with Gasteiger partial charge in [0.2, 0.25) is 5.95 Å². The number of thiophene rings is 1. The molecule has 3 aromatic rings. The average molecular weight is 260 g/mol. The second kappa shape index (κ2) is 4.04. The lowest BCUT2D eigenvalue weighted by atomic mass is 10.3. The second-order valence-electron chi connectivity index (χ2n) is 3.99. The van der Waals surface area contributed by atoms with Crippen LogP contribution < -0.4 is 11.3 Å². The third-order valence-corrected chi connectivity index (χ3v) is 3.45. The van der Waals surface area contributed by atoms with Gasteiger partial charge in [-0.15, -0.1) is 11.3 Å². The lowest BCUT2D eigenvalue weighted by molar-refractivity contribution is 0.811. The van der Waals surface area contributed by atoms with Gasteiger partial charge in [0.15, 0.2) is 5.82 Å². The van der Waals surface area contributed by atoms with Crippen molar-refractivity contribution in [3.63, 3.8) is 0 Å². The fourth-order valence-electron chi connectivity index (χ4n) is 1.91. The SMILES string of the molecule is Cc1cc(C)n(-c2nc(NN)nc3sccc23)n1. The number of fused-ring (bicyclic) bond motifs is 1. The fraction of sp³-hybridized carbons (Fsp3) is 0.182. The number of aryl methyl sites for hydroxylation is 2. The number of hydrazine groups is 1. The molecular weight excluding hydrogens is 248 g/mol. The zero-order chi connectivity index (χ0) is 12.7. The van der Waals surface area contributed by atoms with Crippen molar-refractivity contribution < 1.29 is 0 Å². The molecule has 0 atom stereocenters. The largest absolute Gasteiger partial charge is 0.292 e. The van der Waals surface area contributed by atoms with Crippen LogP contribution in [0.1, 0.15) is 11.4 Å². The molecule has 0 amide bonds. The van der Waals surface area contributed by atoms with E-state index >= 15 is 0 Å². The molecule has 3 N–H and O–H groups in total. The molecule has 3 aromatic heterocycles. The van der Waals surface area contributed by atoms with E-state index in [4.69, 9.17) is 5.84 Å². The maximum atomic E-state index is 5.40. The molecule has 0 unspecified atom stereocenters. The van der Waals surface area contributed by atoms with Gasteiger partial charge in [-0.2, -0.15) is 10.1 Å². The molecule has 0 radical (unpaired) electrons. The second-order valence-corrected chi connectivity index (χ2v) is 4.89. The van der Waals surface area contributed by atoms with Crippen molar-refractivity contribution in [2.75, 3.05) is 5.43 Å². The van der Waals surface area contributed by atoms with E-state index in [0.29, 0.717) is 5.95 Å². The Balaban J connectivity index is 2.33. The van der Waals surface area contributed by atoms with E-state index in [2.05, 4.69) is 20.5 Å². The zero-order valence-corrected chi connectivity index (χ0v) is 10.8. The zero-order valence-electron chi connectivity index (χ0n) is 10.0. The molecule has 0 aromatic carbocycles. The van der Waals surface area contributed by atoms with E-state index in [1.807, 2.05) is 36.0 Å². The van der Waals surface area contributed by atoms with Crippen LogP contribution in [0.25, 0.3) is 16.0 Å². The molecule has 92 valence electrons. The van der Waals surface area contributed by atoms with Gasteiger partial charge in [-0.1, -0.05) is 0 Å². The van der Waals surface area contributed by atoms with Gasteiger partial charge in [-0.05, 0) is 31.4 Å². The fourth-order valence-corrected chi connectivity index (χ4v) is 2.67. The highest BCUT2D eigenvalue weighted by molar-refractivity contribution is 7.16. The number of nitrogens with zero attached hydrogens (tertiary/aromatic N) is 4. The number of nitrogens with two attached hydrogens (primary N) is 1. The van der Waals surface area contributed by atoms with E-state index in [9.17, 15) is 0 Å². The van der Waals surface area contributed by atoms with Crippen molar-refractivity contribution >= 4 is 27.5 Å². The van der Waals surface area contributed by atoms with Crippen LogP contribution in [0.4, 0.5) is 5.95 Å². The summed E-state index contributed by atoms with van der Waals surface area (Å²) in [6, 6.07) is 4.00. The molecule has 0 spiro atoms. The topological polar surface area (TPSA) is 81.7 Å². The number of nitrogens with one attached hydrogen (secondary N) is 1. The summed E-state index contributed by atoms with van der Waals surface area (Å²) in [6.45, 7) is 3.95. The Kier molecular flexibility index (Phi) is 2.49. The first kappa shape index (κ1) is 11.1. The Hall–Kier alpha value is -1.99. The first-order valence-corrected chi connectivity index (χ1v) is 6.32. The Labute approximate surface area is 107 Å². The Bertz CT molecular complexity index is 713. The van der Waals surface area contributed by atoms with E-state index in [0.717, 1.165) is 27.4 Å². The molecule has 7 heteroatoms. The minimum atomic E-state index is 0.396. The Morgan fingerprint density at radius 3 is 2.83 bits per heavy atom. The lowest BCUT2D eigenvalue weighted by Gasteiger charge is -2.07. The number of anilines is 1. The Morgan fingerprint density at radius 1 is 1.33 bits per heavy atom. The summed E-state index contributed by atoms with van der Waals surface area (Å²) in [7, 11) is 0. The number of hydrogen-bond acceptors (Lipinski definition) is 6. The van der Waals surface area contributed by atoms with Crippen LogP contribution in [-0.2, 0) is 0 Å². The highest BCUT2D eigenvalue weighted by atomic mass is 32.1. The van der Waals surface area contributed by atoms with E-state index in [1.165, 1.54) is 0 Å². The number of aromatic nitrogens is 4. The first-order valence-electron chi connectivity index (χ1n) is 5.44. The van der Waals surface area contributed by atoms with Crippen LogP contribution in [0.15, 0.2) is 17.5 Å². The summed E-state index contributed by atoms with van der Waals surface area (Å²) in [5.74, 6) is 6.55. The van der Waals surface area contributed by atoms with Crippen LogP contribution >= 0.6 is 11.3 Å². The Morgan fingerprint density at radius 2 is 2.17 bits per heavy atom. The van der Waals surface area contributed by atoms with Crippen LogP contribution in [0.2, 0.25) is 0 Å². The highest BCUT2D eigenvalue weighted by Crippen LogP contribution is 2.25. The van der Waals surface area contributed by atoms with Crippen molar-refractivity contribution in [1.29, 1.82) is 0 Å². The van der Waals surface area contributed by atoms with Crippen molar-refractivity contribution in [1.82, 2.24) is 19.7 Å². The summed E-state index contributed by atoms with van der Waals surface area (Å²) in [6.07, 6.45) is 0. The van der Waals surface area contributed by atoms with Gasteiger partial charge < -0.3 is 0 Å². The van der Waals surface area contributed by atoms with E-state index in [-0.39, 0.29) is 0 Å². The predicted octanol–water partition coefficient (Wildman–Crippen LogP) is 1.78. The first-order chi connectivity index (χ1) is 8.69. The normalized spacial score (nSPS) is 11.1. The van der Waals surface area contributed by atoms with E-state index < -0.39 is 0 Å². The molecule has 0 saturated heterocycles. The summed E-state index contributed by atoms with van der Waals surface area (Å²) in [4.78, 5) is 9.59. The molecule has 0 aliphatic rings. The third kappa shape index (κ3) is 1.64. The third-order valence-electron chi connectivity index (χ3n) is 2.64. The van der Waals surface area contributed by atoms with Gasteiger partial charge in [0.05, 0.1) is 11.1 Å². The number of nitrogen functional groups attached to an aromatic ring is 1. The lowest BCUT2D eigenvalue weighted by Crippen LogP contribution is -2.12. The minimum absolute atomic E-state index is 0.396. The van der Waals surface area contributed by atoms with Gasteiger partial charge in [0, 0.05) is 5.69 Å². The van der Waals surface area contributed by atoms with Crippen LogP contribution in [0.3, 0.4) is 0 Å². The van der Waals surface area contributed by atoms with Crippen molar-refractivity contribution in [2.45, 2.75) is 13.8 Å². The molecule has 0 aliphatic heterocycles. The molecule has 3 rings (SSSR count). The monoisotopic (exact) mass is 260 g/mol. The maximum Gasteiger partial charge on any atom is 0.240 e. The standard InChI is InChI=1S/C11H12N6S/c1-6-5-7(2)17(16-6)9-8-3-4-18-10(8)14-11(13-9)15-12/h3-5H,12H2,1-2H3,(H,13,14,15). The van der Waals surface area contributed by atoms with E-state index in [1.54, 1.807) is 11.3 Å². The van der Waals surface area contributed by atoms with Crippen molar-refractivity contribution in [3.8, 4) is 5.82 Å². The van der Waals surface area contributed by atoms with Gasteiger partial charge >= 0.3 is 0 Å². The molecule has 3 heterocycles. The van der Waals surface area contributed by atoms with Crippen molar-refractivity contribution in [3.05, 3.63) is 28.9 Å². The molecule has 0 fully saturated rings. The number of hydrogen-bond donors (Lipinski definition) is 2. The number of rotatable bonds is 2. The van der Waals surface area contributed by atoms with Gasteiger partial charge in [0.25, 0.3) is 0 Å². The summed E-state index contributed by atoms with van der Waals surface area (Å²) < 4.78 is 1.81. The van der Waals surface area contributed by atoms with Gasteiger partial charge in [-0.25, -0.2) is 15.5 Å². The average Bonchev–Trinajstić information content (AvgIpc) is 2.94. The van der Waals surface area contributed by atoms with Crippen LogP contribution in [0.5, 0.6) is 0 Å². The molecule has 0 aliphatic carbocycles. The van der Waals surface area contributed by atoms with Crippen molar-refractivity contribution in [2.24, 2.45) is 5.84 Å². The van der Waals surface area contributed by atoms with Gasteiger partial charge in [-0.3, -0.25) is 5.43 Å². The molecule has 0 saturated carbocycles. The maximum absolute atomic E-state index is 5.40. The quantitative estimate of drug-likeness (QED) is 0.542. The molecule has 6 nitrogen and oxygen atoms in total. The van der Waals surface area contributed by atoms with Crippen LogP contribution in [0, 0.1) is 13.8 Å². The highest BCUT2D eigenvalue weighted by Gasteiger charge is 2.13. The molecule has 18 heavy (non-hydrogen) atoms. The predicted molar refractivity (Wildman–Crippen MR) is 71.8 cm³/mol. The molecular formula is C11H12N6S. The minimum Gasteiger partial charge on any atom is -0.292 e. The van der Waals surface area contributed by atoms with Gasteiger partial charge in [0.1, 0.15) is 4.83 Å². The summed E-state index contributed by atoms with van der Waals surface area (Å²) >= 11 is 1.55. The molecule has 0 bridgehead atoms. The smallest absolute Gasteiger partial charge is 0.240 e. The summed E-state index contributed by atoms with van der Waals surface area (Å²) in [5.41, 5.74) is 4.47.